The van der Waals surface area contributed by atoms with Gasteiger partial charge in [-0.15, -0.1) is 0 Å². The van der Waals surface area contributed by atoms with Gasteiger partial charge in [0.1, 0.15) is 11.5 Å². The van der Waals surface area contributed by atoms with Gasteiger partial charge >= 0.3 is 5.97 Å². The Morgan fingerprint density at radius 2 is 1.79 bits per heavy atom. The Hall–Kier alpha value is -3.02. The number of amides is 1. The molecule has 0 fully saturated rings. The number of hydrogen-bond acceptors (Lipinski definition) is 4. The molecule has 0 aliphatic carbocycles. The van der Waals surface area contributed by atoms with Crippen LogP contribution in [0.15, 0.2) is 48.5 Å². The molecular weight excluding hydrogens is 310 g/mol. The van der Waals surface area contributed by atoms with Crippen LogP contribution in [0.4, 0.5) is 0 Å². The Bertz CT molecular complexity index is 715. The molecule has 0 bridgehead atoms. The summed E-state index contributed by atoms with van der Waals surface area (Å²) in [5, 5.41) is 11.9. The molecule has 1 atom stereocenters. The van der Waals surface area contributed by atoms with E-state index in [1.54, 1.807) is 55.6 Å². The van der Waals surface area contributed by atoms with Crippen LogP contribution in [0.1, 0.15) is 17.2 Å². The molecule has 6 nitrogen and oxygen atoms in total. The number of hydrogen-bond donors (Lipinski definition) is 2. The molecule has 6 heteroatoms. The van der Waals surface area contributed by atoms with E-state index in [2.05, 4.69) is 5.32 Å². The fourth-order valence-electron chi connectivity index (χ4n) is 2.32. The van der Waals surface area contributed by atoms with E-state index in [9.17, 15) is 14.7 Å². The largest absolute Gasteiger partial charge is 0.497 e. The quantitative estimate of drug-likeness (QED) is 0.813. The standard InChI is InChI=1S/C18H19NO5/c1-23-14-9-8-13(15(11-14)24-2)10-16(20)19-17(18(21)22)12-6-4-3-5-7-12/h3-9,11,17H,10H2,1-2H3,(H,19,20)(H,21,22). The van der Waals surface area contributed by atoms with E-state index < -0.39 is 17.9 Å². The molecule has 0 heterocycles. The third kappa shape index (κ3) is 4.25. The zero-order valence-corrected chi connectivity index (χ0v) is 13.5. The molecule has 0 spiro atoms. The molecule has 1 unspecified atom stereocenters. The predicted molar refractivity (Wildman–Crippen MR) is 88.2 cm³/mol. The van der Waals surface area contributed by atoms with E-state index >= 15 is 0 Å². The molecule has 126 valence electrons. The van der Waals surface area contributed by atoms with Gasteiger partial charge in [-0.25, -0.2) is 4.79 Å². The van der Waals surface area contributed by atoms with Gasteiger partial charge in [0, 0.05) is 11.6 Å². The first kappa shape index (κ1) is 17.3. The van der Waals surface area contributed by atoms with Crippen molar-refractivity contribution in [3.05, 3.63) is 59.7 Å². The number of aliphatic carboxylic acids is 1. The first-order valence-electron chi connectivity index (χ1n) is 7.33. The lowest BCUT2D eigenvalue weighted by atomic mass is 10.1. The fourth-order valence-corrected chi connectivity index (χ4v) is 2.32. The monoisotopic (exact) mass is 329 g/mol. The van der Waals surface area contributed by atoms with E-state index in [1.807, 2.05) is 0 Å². The van der Waals surface area contributed by atoms with Crippen LogP contribution in [0.3, 0.4) is 0 Å². The van der Waals surface area contributed by atoms with Gasteiger partial charge in [0.2, 0.25) is 5.91 Å². The number of methoxy groups -OCH3 is 2. The van der Waals surface area contributed by atoms with Gasteiger partial charge in [-0.05, 0) is 11.6 Å². The Morgan fingerprint density at radius 3 is 2.38 bits per heavy atom. The zero-order valence-electron chi connectivity index (χ0n) is 13.5. The van der Waals surface area contributed by atoms with Crippen molar-refractivity contribution in [3.63, 3.8) is 0 Å². The molecule has 0 aliphatic heterocycles. The van der Waals surface area contributed by atoms with Gasteiger partial charge in [0.15, 0.2) is 6.04 Å². The smallest absolute Gasteiger partial charge is 0.330 e. The molecule has 2 rings (SSSR count). The molecular formula is C18H19NO5. The minimum atomic E-state index is -1.11. The maximum atomic E-state index is 12.3. The van der Waals surface area contributed by atoms with E-state index in [1.165, 1.54) is 7.11 Å². The van der Waals surface area contributed by atoms with Crippen LogP contribution in [0.2, 0.25) is 0 Å². The lowest BCUT2D eigenvalue weighted by Crippen LogP contribution is -2.34. The molecule has 2 N–H and O–H groups in total. The molecule has 0 radical (unpaired) electrons. The van der Waals surface area contributed by atoms with Crippen molar-refractivity contribution >= 4 is 11.9 Å². The molecule has 0 saturated carbocycles. The Kier molecular flexibility index (Phi) is 5.78. The highest BCUT2D eigenvalue weighted by Gasteiger charge is 2.22. The molecule has 24 heavy (non-hydrogen) atoms. The lowest BCUT2D eigenvalue weighted by molar-refractivity contribution is -0.141. The topological polar surface area (TPSA) is 84.9 Å². The van der Waals surface area contributed by atoms with E-state index in [0.717, 1.165) is 0 Å². The van der Waals surface area contributed by atoms with Gasteiger partial charge in [-0.1, -0.05) is 36.4 Å². The summed E-state index contributed by atoms with van der Waals surface area (Å²) in [5.74, 6) is -0.397. The van der Waals surface area contributed by atoms with Crippen molar-refractivity contribution in [2.24, 2.45) is 0 Å². The third-order valence-electron chi connectivity index (χ3n) is 3.53. The number of carbonyl (C=O) groups is 2. The molecule has 0 aliphatic rings. The Labute approximate surface area is 140 Å². The maximum Gasteiger partial charge on any atom is 0.330 e. The van der Waals surface area contributed by atoms with Crippen LogP contribution in [-0.2, 0) is 16.0 Å². The second-order valence-electron chi connectivity index (χ2n) is 5.10. The van der Waals surface area contributed by atoms with Crippen molar-refractivity contribution < 1.29 is 24.2 Å². The number of carbonyl (C=O) groups excluding carboxylic acids is 1. The van der Waals surface area contributed by atoms with Crippen LogP contribution in [0.5, 0.6) is 11.5 Å². The summed E-state index contributed by atoms with van der Waals surface area (Å²) in [4.78, 5) is 23.7. The predicted octanol–water partition coefficient (Wildman–Crippen LogP) is 2.19. The second kappa shape index (κ2) is 8.01. The van der Waals surface area contributed by atoms with Crippen LogP contribution < -0.4 is 14.8 Å². The van der Waals surface area contributed by atoms with Crippen molar-refractivity contribution in [3.8, 4) is 11.5 Å². The molecule has 2 aromatic carbocycles. The SMILES string of the molecule is COc1ccc(CC(=O)NC(C(=O)O)c2ccccc2)c(OC)c1. The van der Waals surface area contributed by atoms with Crippen LogP contribution in [0, 0.1) is 0 Å². The molecule has 0 aromatic heterocycles. The molecule has 0 saturated heterocycles. The Balaban J connectivity index is 2.13. The van der Waals surface area contributed by atoms with Crippen LogP contribution >= 0.6 is 0 Å². The minimum Gasteiger partial charge on any atom is -0.497 e. The Morgan fingerprint density at radius 1 is 1.08 bits per heavy atom. The van der Waals surface area contributed by atoms with Crippen molar-refractivity contribution in [1.29, 1.82) is 0 Å². The van der Waals surface area contributed by atoms with Crippen LogP contribution in [0.25, 0.3) is 0 Å². The summed E-state index contributed by atoms with van der Waals surface area (Å²) in [5.41, 5.74) is 1.16. The van der Waals surface area contributed by atoms with Crippen molar-refractivity contribution in [2.45, 2.75) is 12.5 Å². The van der Waals surface area contributed by atoms with E-state index in [0.29, 0.717) is 22.6 Å². The highest BCUT2D eigenvalue weighted by atomic mass is 16.5. The summed E-state index contributed by atoms with van der Waals surface area (Å²) in [6, 6.07) is 12.6. The number of carboxylic acids is 1. The average Bonchev–Trinajstić information content (AvgIpc) is 2.60. The fraction of sp³-hybridized carbons (Fsp3) is 0.222. The number of benzene rings is 2. The summed E-state index contributed by atoms with van der Waals surface area (Å²) in [6.07, 6.45) is 0.00375. The highest BCUT2D eigenvalue weighted by molar-refractivity contribution is 5.86. The summed E-state index contributed by atoms with van der Waals surface area (Å²) >= 11 is 0. The number of rotatable bonds is 7. The summed E-state index contributed by atoms with van der Waals surface area (Å²) < 4.78 is 10.4. The van der Waals surface area contributed by atoms with Crippen LogP contribution in [-0.4, -0.2) is 31.2 Å². The second-order valence-corrected chi connectivity index (χ2v) is 5.10. The first-order valence-corrected chi connectivity index (χ1v) is 7.33. The van der Waals surface area contributed by atoms with Crippen molar-refractivity contribution in [2.75, 3.05) is 14.2 Å². The minimum absolute atomic E-state index is 0.00375. The highest BCUT2D eigenvalue weighted by Crippen LogP contribution is 2.25. The number of ether oxygens (including phenoxy) is 2. The van der Waals surface area contributed by atoms with Crippen molar-refractivity contribution in [1.82, 2.24) is 5.32 Å². The average molecular weight is 329 g/mol. The first-order chi connectivity index (χ1) is 11.5. The van der Waals surface area contributed by atoms with Gasteiger partial charge in [-0.2, -0.15) is 0 Å². The molecule has 2 aromatic rings. The molecule has 1 amide bonds. The van der Waals surface area contributed by atoms with Gasteiger partial charge in [0.05, 0.1) is 20.6 Å². The lowest BCUT2D eigenvalue weighted by Gasteiger charge is -2.16. The van der Waals surface area contributed by atoms with Gasteiger partial charge in [0.25, 0.3) is 0 Å². The number of carboxylic acid groups (broad SMARTS) is 1. The van der Waals surface area contributed by atoms with Gasteiger partial charge < -0.3 is 19.9 Å². The van der Waals surface area contributed by atoms with Gasteiger partial charge in [-0.3, -0.25) is 4.79 Å². The summed E-state index contributed by atoms with van der Waals surface area (Å²) in [7, 11) is 3.04. The summed E-state index contributed by atoms with van der Waals surface area (Å²) in [6.45, 7) is 0. The third-order valence-corrected chi connectivity index (χ3v) is 3.53. The number of nitrogens with one attached hydrogen (secondary N) is 1. The van der Waals surface area contributed by atoms with E-state index in [-0.39, 0.29) is 6.42 Å². The van der Waals surface area contributed by atoms with E-state index in [4.69, 9.17) is 9.47 Å². The zero-order chi connectivity index (χ0) is 17.5. The maximum absolute atomic E-state index is 12.3. The normalized spacial score (nSPS) is 11.4.